The molecule has 6 nitrogen and oxygen atoms in total. The highest BCUT2D eigenvalue weighted by Crippen LogP contribution is 2.07. The molecule has 0 saturated carbocycles. The SMILES string of the molecule is COC(=O)[C@H](CC#Cc1ccccn1)NC(=O)OC(C)(C)C. The van der Waals surface area contributed by atoms with Gasteiger partial charge in [0.2, 0.25) is 0 Å². The van der Waals surface area contributed by atoms with Crippen molar-refractivity contribution in [3.05, 3.63) is 30.1 Å². The number of nitrogens with one attached hydrogen (secondary N) is 1. The maximum Gasteiger partial charge on any atom is 0.408 e. The van der Waals surface area contributed by atoms with Gasteiger partial charge in [-0.3, -0.25) is 0 Å². The van der Waals surface area contributed by atoms with E-state index < -0.39 is 23.7 Å². The molecule has 0 aliphatic rings. The molecule has 0 aromatic carbocycles. The Kier molecular flexibility index (Phi) is 6.39. The van der Waals surface area contributed by atoms with Gasteiger partial charge in [0.25, 0.3) is 0 Å². The normalized spacial score (nSPS) is 11.6. The number of nitrogens with zero attached hydrogens (tertiary/aromatic N) is 1. The van der Waals surface area contributed by atoms with E-state index in [1.54, 1.807) is 39.1 Å². The maximum absolute atomic E-state index is 11.7. The first-order valence-electron chi connectivity index (χ1n) is 6.79. The molecular formula is C16H20N2O4. The van der Waals surface area contributed by atoms with E-state index >= 15 is 0 Å². The van der Waals surface area contributed by atoms with E-state index in [9.17, 15) is 9.59 Å². The maximum atomic E-state index is 11.7. The fraction of sp³-hybridized carbons (Fsp3) is 0.438. The third-order valence-electron chi connectivity index (χ3n) is 2.36. The second-order valence-electron chi connectivity index (χ2n) is 5.44. The summed E-state index contributed by atoms with van der Waals surface area (Å²) in [5, 5.41) is 2.45. The first-order chi connectivity index (χ1) is 10.3. The molecule has 22 heavy (non-hydrogen) atoms. The van der Waals surface area contributed by atoms with Gasteiger partial charge in [-0.1, -0.05) is 12.0 Å². The van der Waals surface area contributed by atoms with E-state index in [0.29, 0.717) is 5.69 Å². The highest BCUT2D eigenvalue weighted by molar-refractivity contribution is 5.81. The van der Waals surface area contributed by atoms with Crippen LogP contribution in [0.15, 0.2) is 24.4 Å². The van der Waals surface area contributed by atoms with Gasteiger partial charge in [-0.05, 0) is 38.8 Å². The smallest absolute Gasteiger partial charge is 0.408 e. The number of alkyl carbamates (subject to hydrolysis) is 1. The van der Waals surface area contributed by atoms with Gasteiger partial charge in [-0.25, -0.2) is 14.6 Å². The summed E-state index contributed by atoms with van der Waals surface area (Å²) < 4.78 is 9.76. The van der Waals surface area contributed by atoms with E-state index in [-0.39, 0.29) is 6.42 Å². The Labute approximate surface area is 130 Å². The third kappa shape index (κ3) is 6.75. The van der Waals surface area contributed by atoms with Crippen molar-refractivity contribution < 1.29 is 19.1 Å². The standard InChI is InChI=1S/C16H20N2O4/c1-16(2,3)22-15(20)18-13(14(19)21-4)10-7-9-12-8-5-6-11-17-12/h5-6,8,11,13H,10H2,1-4H3,(H,18,20)/t13-/m0/s1. The van der Waals surface area contributed by atoms with Gasteiger partial charge in [-0.15, -0.1) is 0 Å². The Morgan fingerprint density at radius 1 is 1.36 bits per heavy atom. The number of pyridine rings is 1. The van der Waals surface area contributed by atoms with Crippen LogP contribution < -0.4 is 5.32 Å². The topological polar surface area (TPSA) is 77.5 Å². The Morgan fingerprint density at radius 2 is 2.09 bits per heavy atom. The van der Waals surface area contributed by atoms with E-state index in [4.69, 9.17) is 4.74 Å². The number of hydrogen-bond donors (Lipinski definition) is 1. The van der Waals surface area contributed by atoms with Crippen LogP contribution in [-0.2, 0) is 14.3 Å². The van der Waals surface area contributed by atoms with Crippen LogP contribution in [0, 0.1) is 11.8 Å². The van der Waals surface area contributed by atoms with Crippen molar-refractivity contribution in [3.63, 3.8) is 0 Å². The Hall–Kier alpha value is -2.55. The number of esters is 1. The Bertz CT molecular complexity index is 567. The van der Waals surface area contributed by atoms with Crippen molar-refractivity contribution in [1.29, 1.82) is 0 Å². The minimum absolute atomic E-state index is 0.0997. The highest BCUT2D eigenvalue weighted by atomic mass is 16.6. The van der Waals surface area contributed by atoms with Crippen LogP contribution >= 0.6 is 0 Å². The number of hydrogen-bond acceptors (Lipinski definition) is 5. The van der Waals surface area contributed by atoms with Crippen molar-refractivity contribution in [1.82, 2.24) is 10.3 Å². The zero-order chi connectivity index (χ0) is 16.6. The summed E-state index contributed by atoms with van der Waals surface area (Å²) in [6.45, 7) is 5.21. The van der Waals surface area contributed by atoms with Crippen LogP contribution in [0.25, 0.3) is 0 Å². The minimum Gasteiger partial charge on any atom is -0.467 e. The lowest BCUT2D eigenvalue weighted by Crippen LogP contribution is -2.43. The number of aromatic nitrogens is 1. The van der Waals surface area contributed by atoms with Gasteiger partial charge in [0.05, 0.1) is 7.11 Å². The van der Waals surface area contributed by atoms with Crippen LogP contribution in [-0.4, -0.2) is 35.8 Å². The molecule has 6 heteroatoms. The average molecular weight is 304 g/mol. The summed E-state index contributed by atoms with van der Waals surface area (Å²) in [7, 11) is 1.25. The number of ether oxygens (including phenoxy) is 2. The lowest BCUT2D eigenvalue weighted by molar-refractivity contribution is -0.143. The zero-order valence-corrected chi connectivity index (χ0v) is 13.2. The number of rotatable bonds is 3. The van der Waals surface area contributed by atoms with Crippen LogP contribution in [0.3, 0.4) is 0 Å². The van der Waals surface area contributed by atoms with Gasteiger partial charge in [0.1, 0.15) is 17.3 Å². The molecule has 1 heterocycles. The summed E-state index contributed by atoms with van der Waals surface area (Å²) in [6, 6.07) is 4.46. The van der Waals surface area contributed by atoms with Gasteiger partial charge in [0.15, 0.2) is 0 Å². The van der Waals surface area contributed by atoms with Gasteiger partial charge in [0, 0.05) is 12.6 Å². The molecule has 1 N–H and O–H groups in total. The summed E-state index contributed by atoms with van der Waals surface area (Å²) in [4.78, 5) is 27.4. The lowest BCUT2D eigenvalue weighted by atomic mass is 10.2. The van der Waals surface area contributed by atoms with E-state index in [1.807, 2.05) is 6.07 Å². The first-order valence-corrected chi connectivity index (χ1v) is 6.79. The molecule has 1 aromatic rings. The van der Waals surface area contributed by atoms with Crippen LogP contribution in [0.5, 0.6) is 0 Å². The molecule has 1 atom stereocenters. The lowest BCUT2D eigenvalue weighted by Gasteiger charge is -2.21. The first kappa shape index (κ1) is 17.5. The van der Waals surface area contributed by atoms with Crippen LogP contribution in [0.4, 0.5) is 4.79 Å². The van der Waals surface area contributed by atoms with Gasteiger partial charge < -0.3 is 14.8 Å². The fourth-order valence-corrected chi connectivity index (χ4v) is 1.47. The van der Waals surface area contributed by atoms with Crippen molar-refractivity contribution in [2.45, 2.75) is 38.8 Å². The quantitative estimate of drug-likeness (QED) is 0.681. The molecule has 1 rings (SSSR count). The molecule has 1 amide bonds. The fourth-order valence-electron chi connectivity index (χ4n) is 1.47. The van der Waals surface area contributed by atoms with Crippen molar-refractivity contribution in [2.75, 3.05) is 7.11 Å². The summed E-state index contributed by atoms with van der Waals surface area (Å²) in [5.41, 5.74) is -0.0620. The Morgan fingerprint density at radius 3 is 2.64 bits per heavy atom. The zero-order valence-electron chi connectivity index (χ0n) is 13.2. The molecule has 0 radical (unpaired) electrons. The third-order valence-corrected chi connectivity index (χ3v) is 2.36. The molecule has 0 fully saturated rings. The van der Waals surface area contributed by atoms with Crippen molar-refractivity contribution in [2.24, 2.45) is 0 Å². The monoisotopic (exact) mass is 304 g/mol. The molecule has 118 valence electrons. The minimum atomic E-state index is -0.893. The largest absolute Gasteiger partial charge is 0.467 e. The van der Waals surface area contributed by atoms with E-state index in [1.165, 1.54) is 7.11 Å². The number of carbonyl (C=O) groups is 2. The predicted octanol–water partition coefficient (Wildman–Crippen LogP) is 1.89. The van der Waals surface area contributed by atoms with Gasteiger partial charge >= 0.3 is 12.1 Å². The summed E-state index contributed by atoms with van der Waals surface area (Å²) in [5.74, 6) is 5.03. The second kappa shape index (κ2) is 8.03. The summed E-state index contributed by atoms with van der Waals surface area (Å²) >= 11 is 0. The van der Waals surface area contributed by atoms with Crippen LogP contribution in [0.2, 0.25) is 0 Å². The number of amides is 1. The molecular weight excluding hydrogens is 284 g/mol. The second-order valence-corrected chi connectivity index (χ2v) is 5.44. The van der Waals surface area contributed by atoms with Crippen molar-refractivity contribution >= 4 is 12.1 Å². The van der Waals surface area contributed by atoms with Gasteiger partial charge in [-0.2, -0.15) is 0 Å². The highest BCUT2D eigenvalue weighted by Gasteiger charge is 2.24. The molecule has 0 unspecified atom stereocenters. The Balaban J connectivity index is 2.68. The molecule has 0 bridgehead atoms. The average Bonchev–Trinajstić information content (AvgIpc) is 2.44. The molecule has 0 saturated heterocycles. The predicted molar refractivity (Wildman–Crippen MR) is 80.9 cm³/mol. The molecule has 0 spiro atoms. The molecule has 1 aromatic heterocycles. The van der Waals surface area contributed by atoms with E-state index in [2.05, 4.69) is 26.9 Å². The van der Waals surface area contributed by atoms with E-state index in [0.717, 1.165) is 0 Å². The number of carbonyl (C=O) groups excluding carboxylic acids is 2. The molecule has 0 aliphatic heterocycles. The number of methoxy groups -OCH3 is 1. The summed E-state index contributed by atoms with van der Waals surface area (Å²) in [6.07, 6.45) is 1.03. The molecule has 0 aliphatic carbocycles. The van der Waals surface area contributed by atoms with Crippen molar-refractivity contribution in [3.8, 4) is 11.8 Å². The van der Waals surface area contributed by atoms with Crippen LogP contribution in [0.1, 0.15) is 32.9 Å².